The van der Waals surface area contributed by atoms with Crippen LogP contribution in [-0.2, 0) is 22.8 Å². The van der Waals surface area contributed by atoms with Crippen molar-refractivity contribution in [2.75, 3.05) is 24.2 Å². The van der Waals surface area contributed by atoms with Crippen molar-refractivity contribution in [2.24, 2.45) is 0 Å². The molecule has 0 bridgehead atoms. The molecule has 2 N–H and O–H groups in total. The van der Waals surface area contributed by atoms with Gasteiger partial charge in [-0.25, -0.2) is 13.2 Å². The summed E-state index contributed by atoms with van der Waals surface area (Å²) in [7, 11) is -3.30. The Morgan fingerprint density at radius 3 is 2.59 bits per heavy atom. The Labute approximate surface area is 173 Å². The highest BCUT2D eigenvalue weighted by atomic mass is 32.2. The molecule has 0 spiro atoms. The zero-order chi connectivity index (χ0) is 20.9. The lowest BCUT2D eigenvalue weighted by atomic mass is 9.98. The smallest absolute Gasteiger partial charge is 0.319 e. The largest absolute Gasteiger partial charge is 0.336 e. The predicted molar refractivity (Wildman–Crippen MR) is 116 cm³/mol. The molecule has 3 rings (SSSR count). The maximum absolute atomic E-state index is 12.4. The minimum atomic E-state index is -3.30. The third kappa shape index (κ3) is 5.36. The molecule has 0 saturated carbocycles. The van der Waals surface area contributed by atoms with Crippen molar-refractivity contribution in [3.63, 3.8) is 0 Å². The molecule has 29 heavy (non-hydrogen) atoms. The van der Waals surface area contributed by atoms with Crippen LogP contribution in [0.15, 0.2) is 53.4 Å². The lowest BCUT2D eigenvalue weighted by molar-refractivity contribution is 0.170. The predicted octanol–water partition coefficient (Wildman–Crippen LogP) is 3.44. The highest BCUT2D eigenvalue weighted by Crippen LogP contribution is 2.21. The second kappa shape index (κ2) is 9.41. The van der Waals surface area contributed by atoms with Crippen molar-refractivity contribution < 1.29 is 13.2 Å². The summed E-state index contributed by atoms with van der Waals surface area (Å²) in [6, 6.07) is 14.8. The highest BCUT2D eigenvalue weighted by molar-refractivity contribution is 7.91. The van der Waals surface area contributed by atoms with Crippen molar-refractivity contribution in [3.05, 3.63) is 59.7 Å². The first kappa shape index (κ1) is 21.3. The van der Waals surface area contributed by atoms with Gasteiger partial charge in [0.1, 0.15) is 0 Å². The van der Waals surface area contributed by atoms with Gasteiger partial charge in [0, 0.05) is 31.4 Å². The fourth-order valence-corrected chi connectivity index (χ4v) is 4.61. The number of anilines is 1. The zero-order valence-corrected chi connectivity index (χ0v) is 17.8. The van der Waals surface area contributed by atoms with Crippen LogP contribution in [0, 0.1) is 0 Å². The van der Waals surface area contributed by atoms with Crippen LogP contribution in [0.4, 0.5) is 10.5 Å². The molecule has 156 valence electrons. The van der Waals surface area contributed by atoms with Crippen LogP contribution in [0.25, 0.3) is 0 Å². The molecule has 0 fully saturated rings. The van der Waals surface area contributed by atoms with Crippen LogP contribution in [0.5, 0.6) is 0 Å². The van der Waals surface area contributed by atoms with Gasteiger partial charge in [0.15, 0.2) is 9.84 Å². The number of urea groups is 1. The van der Waals surface area contributed by atoms with Crippen molar-refractivity contribution in [2.45, 2.75) is 44.2 Å². The SMILES string of the molecule is CCC(CNC(=O)Nc1cccc(S(=O)(=O)CC)c1)N1CCc2ccccc2C1. The number of amides is 2. The van der Waals surface area contributed by atoms with E-state index in [1.54, 1.807) is 25.1 Å². The first-order valence-electron chi connectivity index (χ1n) is 10.1. The Bertz CT molecular complexity index is 959. The first-order chi connectivity index (χ1) is 13.9. The Hall–Kier alpha value is -2.38. The standard InChI is InChI=1S/C22H29N3O3S/c1-3-20(25-13-12-17-8-5-6-9-18(17)16-25)15-23-22(26)24-19-10-7-11-21(14-19)29(27,28)4-2/h5-11,14,20H,3-4,12-13,15-16H2,1-2H3,(H2,23,24,26). The molecule has 1 heterocycles. The van der Waals surface area contributed by atoms with Gasteiger partial charge in [-0.2, -0.15) is 0 Å². The second-order valence-corrected chi connectivity index (χ2v) is 9.60. The number of fused-ring (bicyclic) bond motifs is 1. The van der Waals surface area contributed by atoms with E-state index in [4.69, 9.17) is 0 Å². The summed E-state index contributed by atoms with van der Waals surface area (Å²) in [4.78, 5) is 15.0. The second-order valence-electron chi connectivity index (χ2n) is 7.32. The van der Waals surface area contributed by atoms with E-state index < -0.39 is 9.84 Å². The summed E-state index contributed by atoms with van der Waals surface area (Å²) in [6.07, 6.45) is 1.96. The van der Waals surface area contributed by atoms with Crippen LogP contribution < -0.4 is 10.6 Å². The Morgan fingerprint density at radius 1 is 1.10 bits per heavy atom. The summed E-state index contributed by atoms with van der Waals surface area (Å²) in [5.41, 5.74) is 3.23. The van der Waals surface area contributed by atoms with Gasteiger partial charge in [-0.3, -0.25) is 4.90 Å². The van der Waals surface area contributed by atoms with E-state index in [1.165, 1.54) is 17.2 Å². The van der Waals surface area contributed by atoms with Gasteiger partial charge in [-0.1, -0.05) is 44.2 Å². The van der Waals surface area contributed by atoms with E-state index >= 15 is 0 Å². The number of carbonyl (C=O) groups excluding carboxylic acids is 1. The van der Waals surface area contributed by atoms with Gasteiger partial charge in [-0.05, 0) is 42.2 Å². The van der Waals surface area contributed by atoms with Crippen LogP contribution in [0.2, 0.25) is 0 Å². The van der Waals surface area contributed by atoms with Crippen LogP contribution >= 0.6 is 0 Å². The van der Waals surface area contributed by atoms with Crippen LogP contribution in [-0.4, -0.2) is 44.2 Å². The van der Waals surface area contributed by atoms with E-state index in [-0.39, 0.29) is 22.7 Å². The summed E-state index contributed by atoms with van der Waals surface area (Å²) >= 11 is 0. The van der Waals surface area contributed by atoms with Gasteiger partial charge in [0.05, 0.1) is 10.6 Å². The van der Waals surface area contributed by atoms with Crippen LogP contribution in [0.3, 0.4) is 0 Å². The van der Waals surface area contributed by atoms with Crippen molar-refractivity contribution in [1.82, 2.24) is 10.2 Å². The zero-order valence-electron chi connectivity index (χ0n) is 17.0. The molecule has 2 aromatic carbocycles. The lowest BCUT2D eigenvalue weighted by Crippen LogP contribution is -2.46. The Kier molecular flexibility index (Phi) is 6.92. The molecule has 1 unspecified atom stereocenters. The maximum atomic E-state index is 12.4. The van der Waals surface area contributed by atoms with Gasteiger partial charge < -0.3 is 10.6 Å². The van der Waals surface area contributed by atoms with E-state index in [1.807, 2.05) is 0 Å². The normalized spacial score (nSPS) is 15.4. The molecular formula is C22H29N3O3S. The highest BCUT2D eigenvalue weighted by Gasteiger charge is 2.22. The molecule has 0 aliphatic carbocycles. The van der Waals surface area contributed by atoms with Gasteiger partial charge in [-0.15, -0.1) is 0 Å². The number of rotatable bonds is 7. The molecule has 7 heteroatoms. The lowest BCUT2D eigenvalue weighted by Gasteiger charge is -2.35. The third-order valence-electron chi connectivity index (χ3n) is 5.48. The topological polar surface area (TPSA) is 78.5 Å². The molecule has 1 atom stereocenters. The first-order valence-corrected chi connectivity index (χ1v) is 11.8. The minimum absolute atomic E-state index is 0.0276. The van der Waals surface area contributed by atoms with Crippen molar-refractivity contribution in [3.8, 4) is 0 Å². The summed E-state index contributed by atoms with van der Waals surface area (Å²) in [5.74, 6) is 0.0276. The van der Waals surface area contributed by atoms with E-state index in [0.717, 1.165) is 25.9 Å². The molecule has 6 nitrogen and oxygen atoms in total. The number of sulfone groups is 1. The van der Waals surface area contributed by atoms with E-state index in [9.17, 15) is 13.2 Å². The molecule has 0 radical (unpaired) electrons. The molecule has 0 aromatic heterocycles. The Balaban J connectivity index is 1.57. The molecular weight excluding hydrogens is 386 g/mol. The third-order valence-corrected chi connectivity index (χ3v) is 7.21. The summed E-state index contributed by atoms with van der Waals surface area (Å²) < 4.78 is 24.0. The molecule has 0 saturated heterocycles. The van der Waals surface area contributed by atoms with Crippen molar-refractivity contribution >= 4 is 21.6 Å². The number of hydrogen-bond acceptors (Lipinski definition) is 4. The fraction of sp³-hybridized carbons (Fsp3) is 0.409. The number of benzene rings is 2. The van der Waals surface area contributed by atoms with E-state index in [2.05, 4.69) is 46.7 Å². The molecule has 1 aliphatic heterocycles. The number of nitrogens with zero attached hydrogens (tertiary/aromatic N) is 1. The average molecular weight is 416 g/mol. The Morgan fingerprint density at radius 2 is 1.86 bits per heavy atom. The molecule has 2 amide bonds. The van der Waals surface area contributed by atoms with Gasteiger partial charge >= 0.3 is 6.03 Å². The summed E-state index contributed by atoms with van der Waals surface area (Å²) in [6.45, 7) is 6.15. The van der Waals surface area contributed by atoms with Gasteiger partial charge in [0.25, 0.3) is 0 Å². The quantitative estimate of drug-likeness (QED) is 0.726. The monoisotopic (exact) mass is 415 g/mol. The fourth-order valence-electron chi connectivity index (χ4n) is 3.68. The number of nitrogens with one attached hydrogen (secondary N) is 2. The molecule has 2 aromatic rings. The number of carbonyl (C=O) groups is 1. The minimum Gasteiger partial charge on any atom is -0.336 e. The van der Waals surface area contributed by atoms with E-state index in [0.29, 0.717) is 12.2 Å². The van der Waals surface area contributed by atoms with Crippen molar-refractivity contribution in [1.29, 1.82) is 0 Å². The number of hydrogen-bond donors (Lipinski definition) is 2. The van der Waals surface area contributed by atoms with Crippen LogP contribution in [0.1, 0.15) is 31.4 Å². The maximum Gasteiger partial charge on any atom is 0.319 e. The molecule has 1 aliphatic rings. The summed E-state index contributed by atoms with van der Waals surface area (Å²) in [5, 5.41) is 5.68. The van der Waals surface area contributed by atoms with Gasteiger partial charge in [0.2, 0.25) is 0 Å². The average Bonchev–Trinajstić information content (AvgIpc) is 2.74.